The molecule has 2 N–H and O–H groups in total. The van der Waals surface area contributed by atoms with Crippen LogP contribution in [0.15, 0.2) is 52.2 Å². The molecule has 3 heterocycles. The molecule has 1 aromatic carbocycles. The number of aromatic nitrogens is 2. The van der Waals surface area contributed by atoms with Crippen molar-refractivity contribution in [2.45, 2.75) is 83.5 Å². The first-order valence-electron chi connectivity index (χ1n) is 12.5. The van der Waals surface area contributed by atoms with E-state index in [-0.39, 0.29) is 12.7 Å². The molecule has 2 aliphatic rings. The number of nitrogens with zero attached hydrogens (tertiary/aromatic N) is 1. The van der Waals surface area contributed by atoms with Gasteiger partial charge in [0.1, 0.15) is 29.6 Å². The van der Waals surface area contributed by atoms with E-state index in [1.807, 2.05) is 6.07 Å². The van der Waals surface area contributed by atoms with Gasteiger partial charge in [0.15, 0.2) is 12.0 Å². The van der Waals surface area contributed by atoms with Crippen molar-refractivity contribution in [2.24, 2.45) is 0 Å². The third-order valence-corrected chi connectivity index (χ3v) is 8.61. The Kier molecular flexibility index (Phi) is 8.53. The van der Waals surface area contributed by atoms with Crippen LogP contribution in [0.5, 0.6) is 5.75 Å². The molecular weight excluding hydrogens is 549 g/mol. The lowest BCUT2D eigenvalue weighted by atomic mass is 9.96. The molecule has 39 heavy (non-hydrogen) atoms. The molecule has 2 unspecified atom stereocenters. The van der Waals surface area contributed by atoms with Crippen molar-refractivity contribution in [2.75, 3.05) is 6.61 Å². The molecule has 14 heteroatoms. The van der Waals surface area contributed by atoms with E-state index < -0.39 is 59.7 Å². The minimum atomic E-state index is -3.36. The second-order valence-corrected chi connectivity index (χ2v) is 13.4. The smallest absolute Gasteiger partial charge is 0.330 e. The Balaban J connectivity index is 1.59. The summed E-state index contributed by atoms with van der Waals surface area (Å²) in [7, 11) is 0. The molecule has 2 aliphatic heterocycles. The summed E-state index contributed by atoms with van der Waals surface area (Å²) in [5, 5.41) is 3.00. The van der Waals surface area contributed by atoms with Crippen LogP contribution < -0.4 is 20.9 Å². The number of aromatic amines is 1. The first-order valence-corrected chi connectivity index (χ1v) is 15.2. The van der Waals surface area contributed by atoms with Crippen LogP contribution in [0.2, 0.25) is 0 Å². The summed E-state index contributed by atoms with van der Waals surface area (Å²) in [6, 6.07) is 9.25. The van der Waals surface area contributed by atoms with Gasteiger partial charge in [0.25, 0.3) is 5.56 Å². The highest BCUT2D eigenvalue weighted by molar-refractivity contribution is 8.09. The number of carbonyl (C=O) groups is 1. The van der Waals surface area contributed by atoms with E-state index in [1.54, 1.807) is 65.8 Å². The van der Waals surface area contributed by atoms with Crippen LogP contribution in [0.1, 0.15) is 47.8 Å². The van der Waals surface area contributed by atoms with Crippen molar-refractivity contribution in [3.8, 4) is 5.75 Å². The lowest BCUT2D eigenvalue weighted by Crippen LogP contribution is -2.45. The Labute approximate surface area is 231 Å². The molecule has 6 atom stereocenters. The fraction of sp³-hybridized carbons (Fsp3) is 0.560. The quantitative estimate of drug-likeness (QED) is 0.315. The molecule has 2 saturated heterocycles. The first-order chi connectivity index (χ1) is 18.2. The minimum absolute atomic E-state index is 0.114. The Morgan fingerprint density at radius 2 is 1.87 bits per heavy atom. The monoisotopic (exact) mass is 583 g/mol. The SMILES string of the molecule is CC(C)OC(=O)C(C)NP(=S)(OC[C@H]1O[C@@H](n2ccc(=O)[nH]c2=O)[C@]2(C)OC(C)(C)O[C@H]12)Oc1ccccc1. The van der Waals surface area contributed by atoms with Gasteiger partial charge in [-0.1, -0.05) is 18.2 Å². The maximum atomic E-state index is 12.6. The number of nitrogens with one attached hydrogen (secondary N) is 2. The van der Waals surface area contributed by atoms with E-state index in [9.17, 15) is 14.4 Å². The number of hydrogen-bond acceptors (Lipinski definition) is 10. The van der Waals surface area contributed by atoms with Crippen LogP contribution in [0, 0.1) is 0 Å². The van der Waals surface area contributed by atoms with Crippen LogP contribution in [-0.4, -0.2) is 57.9 Å². The summed E-state index contributed by atoms with van der Waals surface area (Å²) in [6.07, 6.45) is -1.32. The Morgan fingerprint density at radius 3 is 2.51 bits per heavy atom. The lowest BCUT2D eigenvalue weighted by molar-refractivity contribution is -0.217. The molecule has 12 nitrogen and oxygen atoms in total. The second kappa shape index (κ2) is 11.2. The van der Waals surface area contributed by atoms with Crippen LogP contribution in [0.4, 0.5) is 0 Å². The Hall–Kier alpha value is -2.38. The van der Waals surface area contributed by atoms with Gasteiger partial charge in [-0.05, 0) is 65.5 Å². The maximum absolute atomic E-state index is 12.6. The lowest BCUT2D eigenvalue weighted by Gasteiger charge is -2.30. The van der Waals surface area contributed by atoms with E-state index in [1.165, 1.54) is 16.8 Å². The van der Waals surface area contributed by atoms with Gasteiger partial charge in [-0.25, -0.2) is 9.88 Å². The van der Waals surface area contributed by atoms with Gasteiger partial charge in [0, 0.05) is 12.3 Å². The number of rotatable bonds is 10. The van der Waals surface area contributed by atoms with E-state index in [0.29, 0.717) is 5.75 Å². The van der Waals surface area contributed by atoms with E-state index in [0.717, 1.165) is 0 Å². The van der Waals surface area contributed by atoms with Crippen LogP contribution in [0.3, 0.4) is 0 Å². The normalized spacial score (nSPS) is 28.0. The summed E-state index contributed by atoms with van der Waals surface area (Å²) in [5.41, 5.74) is -2.29. The number of benzene rings is 1. The molecule has 214 valence electrons. The average molecular weight is 584 g/mol. The molecule has 0 radical (unpaired) electrons. The topological polar surface area (TPSA) is 139 Å². The van der Waals surface area contributed by atoms with Gasteiger partial charge >= 0.3 is 18.3 Å². The number of carbonyl (C=O) groups excluding carboxylic acids is 1. The highest BCUT2D eigenvalue weighted by Crippen LogP contribution is 2.52. The summed E-state index contributed by atoms with van der Waals surface area (Å²) in [4.78, 5) is 39.0. The maximum Gasteiger partial charge on any atom is 0.330 e. The fourth-order valence-electron chi connectivity index (χ4n) is 4.63. The summed E-state index contributed by atoms with van der Waals surface area (Å²) >= 11 is 5.80. The molecule has 0 spiro atoms. The molecule has 0 aliphatic carbocycles. The predicted molar refractivity (Wildman–Crippen MR) is 145 cm³/mol. The van der Waals surface area contributed by atoms with Crippen LogP contribution in [0.25, 0.3) is 0 Å². The van der Waals surface area contributed by atoms with E-state index in [2.05, 4.69) is 10.1 Å². The zero-order valence-corrected chi connectivity index (χ0v) is 24.3. The highest BCUT2D eigenvalue weighted by Gasteiger charge is 2.64. The van der Waals surface area contributed by atoms with Crippen molar-refractivity contribution < 1.29 is 32.8 Å². The average Bonchev–Trinajstić information content (AvgIpc) is 3.23. The van der Waals surface area contributed by atoms with Gasteiger partial charge in [-0.2, -0.15) is 0 Å². The molecule has 0 amide bonds. The Bertz CT molecular complexity index is 1350. The Morgan fingerprint density at radius 1 is 1.18 bits per heavy atom. The van der Waals surface area contributed by atoms with Gasteiger partial charge < -0.3 is 28.0 Å². The van der Waals surface area contributed by atoms with E-state index in [4.69, 9.17) is 39.8 Å². The summed E-state index contributed by atoms with van der Waals surface area (Å²) < 4.78 is 37.4. The zero-order valence-electron chi connectivity index (χ0n) is 22.6. The number of hydrogen-bond donors (Lipinski definition) is 2. The first kappa shape index (κ1) is 29.6. The molecular formula is C25H34N3O9PS. The molecule has 4 rings (SSSR count). The van der Waals surface area contributed by atoms with E-state index >= 15 is 0 Å². The largest absolute Gasteiger partial charge is 0.462 e. The highest BCUT2D eigenvalue weighted by atomic mass is 32.5. The van der Waals surface area contributed by atoms with Gasteiger partial charge in [0.2, 0.25) is 0 Å². The van der Waals surface area contributed by atoms with Crippen molar-refractivity contribution >= 4 is 24.4 Å². The predicted octanol–water partition coefficient (Wildman–Crippen LogP) is 2.59. The van der Waals surface area contributed by atoms with Crippen molar-refractivity contribution in [1.29, 1.82) is 0 Å². The molecule has 0 bridgehead atoms. The van der Waals surface area contributed by atoms with Crippen LogP contribution >= 0.6 is 6.64 Å². The zero-order chi connectivity index (χ0) is 28.6. The third-order valence-electron chi connectivity index (χ3n) is 6.11. The van der Waals surface area contributed by atoms with Gasteiger partial charge in [-0.15, -0.1) is 0 Å². The molecule has 2 fully saturated rings. The molecule has 2 aromatic rings. The second-order valence-electron chi connectivity index (χ2n) is 10.3. The van der Waals surface area contributed by atoms with Crippen molar-refractivity contribution in [1.82, 2.24) is 14.6 Å². The summed E-state index contributed by atoms with van der Waals surface area (Å²) in [5.74, 6) is -1.04. The third kappa shape index (κ3) is 6.68. The van der Waals surface area contributed by atoms with Crippen molar-refractivity contribution in [3.63, 3.8) is 0 Å². The van der Waals surface area contributed by atoms with Gasteiger partial charge in [-0.3, -0.25) is 19.1 Å². The van der Waals surface area contributed by atoms with Gasteiger partial charge in [0.05, 0.1) is 12.7 Å². The standard InChI is InChI=1S/C25H34N3O9PS/c1-15(2)33-21(30)16(3)27-38(39,36-17-10-8-7-9-11-17)32-14-18-20-25(6,37-24(4,5)35-20)22(34-18)28-13-12-19(29)26-23(28)31/h7-13,15-16,18,20,22H,14H2,1-6H3,(H,27,39)(H,26,29,31)/t16?,18-,20-,22-,25-,38?/m1/s1. The number of esters is 1. The fourth-order valence-corrected chi connectivity index (χ4v) is 7.05. The molecule has 0 saturated carbocycles. The van der Waals surface area contributed by atoms with Crippen LogP contribution in [-0.2, 0) is 40.1 Å². The number of H-pyrrole nitrogens is 1. The number of fused-ring (bicyclic) bond motifs is 1. The summed E-state index contributed by atoms with van der Waals surface area (Å²) in [6.45, 7) is 6.93. The number of para-hydroxylation sites is 1. The molecule has 1 aromatic heterocycles. The van der Waals surface area contributed by atoms with Crippen molar-refractivity contribution in [3.05, 3.63) is 63.4 Å². The minimum Gasteiger partial charge on any atom is -0.462 e. The number of ether oxygens (including phenoxy) is 4.